The standard InChI is InChI=1S/C9H16N3O2/c1-8(2)7(6-10-14-5)11-9(3,4)12(8)13/h6H,1-5H3/q+1/b10-6+. The minimum absolute atomic E-state index is 0.638. The van der Waals surface area contributed by atoms with Crippen LogP contribution in [0.25, 0.3) is 0 Å². The fourth-order valence-electron chi connectivity index (χ4n) is 1.55. The molecule has 0 spiro atoms. The Labute approximate surface area is 83.4 Å². The molecule has 14 heavy (non-hydrogen) atoms. The average Bonchev–Trinajstić information content (AvgIpc) is 2.23. The molecule has 0 bridgehead atoms. The van der Waals surface area contributed by atoms with E-state index in [2.05, 4.69) is 15.0 Å². The van der Waals surface area contributed by atoms with E-state index in [-0.39, 0.29) is 0 Å². The molecule has 0 atom stereocenters. The third-order valence-electron chi connectivity index (χ3n) is 2.31. The van der Waals surface area contributed by atoms with Crippen molar-refractivity contribution in [2.24, 2.45) is 10.1 Å². The Morgan fingerprint density at radius 2 is 2.00 bits per heavy atom. The number of aliphatic imine (C=N–C) groups is 1. The van der Waals surface area contributed by atoms with Crippen molar-refractivity contribution in [1.82, 2.24) is 0 Å². The molecule has 78 valence electrons. The van der Waals surface area contributed by atoms with Crippen molar-refractivity contribution in [2.75, 3.05) is 7.11 Å². The Kier molecular flexibility index (Phi) is 2.43. The summed E-state index contributed by atoms with van der Waals surface area (Å²) in [6.45, 7) is 7.18. The Morgan fingerprint density at radius 3 is 2.36 bits per heavy atom. The summed E-state index contributed by atoms with van der Waals surface area (Å²) in [5.74, 6) is 0. The first-order valence-electron chi connectivity index (χ1n) is 4.46. The fourth-order valence-corrected chi connectivity index (χ4v) is 1.55. The highest BCUT2D eigenvalue weighted by Gasteiger charge is 2.56. The molecule has 0 radical (unpaired) electrons. The maximum Gasteiger partial charge on any atom is 0.298 e. The summed E-state index contributed by atoms with van der Waals surface area (Å²) in [6.07, 6.45) is 1.49. The molecule has 0 aromatic carbocycles. The van der Waals surface area contributed by atoms with Gasteiger partial charge in [-0.15, -0.1) is 0 Å². The molecule has 5 heteroatoms. The molecular weight excluding hydrogens is 182 g/mol. The van der Waals surface area contributed by atoms with Crippen LogP contribution >= 0.6 is 0 Å². The molecule has 0 saturated heterocycles. The van der Waals surface area contributed by atoms with Gasteiger partial charge in [0, 0.05) is 37.4 Å². The molecule has 0 aliphatic carbocycles. The maximum absolute atomic E-state index is 11.8. The van der Waals surface area contributed by atoms with Gasteiger partial charge in [0.25, 0.3) is 11.2 Å². The molecule has 0 aromatic heterocycles. The van der Waals surface area contributed by atoms with Gasteiger partial charge in [-0.3, -0.25) is 0 Å². The summed E-state index contributed by atoms with van der Waals surface area (Å²) in [7, 11) is 1.46. The SMILES string of the molecule is CO/N=C/C1=NC(C)(C)[N+](=O)C1(C)C. The van der Waals surface area contributed by atoms with Gasteiger partial charge in [-0.2, -0.15) is 0 Å². The summed E-state index contributed by atoms with van der Waals surface area (Å²) in [5.41, 5.74) is -0.733. The maximum atomic E-state index is 11.8. The lowest BCUT2D eigenvalue weighted by Crippen LogP contribution is -2.43. The minimum atomic E-state index is -0.724. The molecule has 0 aromatic rings. The van der Waals surface area contributed by atoms with E-state index in [9.17, 15) is 4.91 Å². The molecular formula is C9H16N3O2+. The van der Waals surface area contributed by atoms with Crippen molar-refractivity contribution in [2.45, 2.75) is 38.9 Å². The van der Waals surface area contributed by atoms with Gasteiger partial charge < -0.3 is 4.84 Å². The van der Waals surface area contributed by atoms with Gasteiger partial charge in [0.2, 0.25) is 0 Å². The first-order valence-corrected chi connectivity index (χ1v) is 4.46. The molecule has 0 amide bonds. The van der Waals surface area contributed by atoms with Crippen LogP contribution in [-0.2, 0) is 4.84 Å². The molecule has 1 aliphatic rings. The zero-order chi connectivity index (χ0) is 11.0. The predicted octanol–water partition coefficient (Wildman–Crippen LogP) is 1.37. The van der Waals surface area contributed by atoms with Crippen LogP contribution in [0.4, 0.5) is 0 Å². The Bertz CT molecular complexity index is 316. The second-order valence-corrected chi connectivity index (χ2v) is 4.26. The van der Waals surface area contributed by atoms with Crippen LogP contribution < -0.4 is 0 Å². The van der Waals surface area contributed by atoms with Gasteiger partial charge in [0.15, 0.2) is 0 Å². The van der Waals surface area contributed by atoms with Crippen LogP contribution in [0.5, 0.6) is 0 Å². The zero-order valence-corrected chi connectivity index (χ0v) is 9.24. The summed E-state index contributed by atoms with van der Waals surface area (Å²) in [4.78, 5) is 20.7. The highest BCUT2D eigenvalue weighted by Crippen LogP contribution is 2.29. The molecule has 1 rings (SSSR count). The van der Waals surface area contributed by atoms with Crippen molar-refractivity contribution >= 4 is 11.9 Å². The molecule has 1 heterocycles. The number of hydrogen-bond acceptors (Lipinski definition) is 4. The predicted molar refractivity (Wildman–Crippen MR) is 54.7 cm³/mol. The van der Waals surface area contributed by atoms with Crippen LogP contribution in [0.3, 0.4) is 0 Å². The van der Waals surface area contributed by atoms with E-state index in [0.717, 1.165) is 4.76 Å². The monoisotopic (exact) mass is 198 g/mol. The van der Waals surface area contributed by atoms with E-state index >= 15 is 0 Å². The third kappa shape index (κ3) is 1.54. The Morgan fingerprint density at radius 1 is 1.43 bits per heavy atom. The lowest BCUT2D eigenvalue weighted by atomic mass is 10.00. The lowest BCUT2D eigenvalue weighted by Gasteiger charge is -2.11. The first kappa shape index (κ1) is 10.8. The quantitative estimate of drug-likeness (QED) is 0.382. The number of hydrogen-bond donors (Lipinski definition) is 0. The zero-order valence-electron chi connectivity index (χ0n) is 9.24. The van der Waals surface area contributed by atoms with Gasteiger partial charge >= 0.3 is 0 Å². The van der Waals surface area contributed by atoms with Gasteiger partial charge in [-0.05, 0) is 0 Å². The van der Waals surface area contributed by atoms with E-state index in [0.29, 0.717) is 5.71 Å². The van der Waals surface area contributed by atoms with E-state index in [1.54, 1.807) is 13.8 Å². The highest BCUT2D eigenvalue weighted by atomic mass is 16.6. The second-order valence-electron chi connectivity index (χ2n) is 4.26. The Balaban J connectivity index is 3.07. The van der Waals surface area contributed by atoms with Crippen LogP contribution in [-0.4, -0.2) is 35.0 Å². The molecule has 5 nitrogen and oxygen atoms in total. The summed E-state index contributed by atoms with van der Waals surface area (Å²) in [6, 6.07) is 0. The number of nitrogens with zero attached hydrogens (tertiary/aromatic N) is 3. The summed E-state index contributed by atoms with van der Waals surface area (Å²) in [5, 5.41) is 3.63. The van der Waals surface area contributed by atoms with Crippen LogP contribution in [0.15, 0.2) is 10.1 Å². The third-order valence-corrected chi connectivity index (χ3v) is 2.31. The molecule has 0 unspecified atom stereocenters. The smallest absolute Gasteiger partial charge is 0.298 e. The number of nitroso groups, excluding NO2 is 1. The lowest BCUT2D eigenvalue weighted by molar-refractivity contribution is -0.653. The second kappa shape index (κ2) is 3.15. The van der Waals surface area contributed by atoms with Crippen molar-refractivity contribution in [1.29, 1.82) is 0 Å². The number of oxime groups is 1. The molecule has 1 aliphatic heterocycles. The van der Waals surface area contributed by atoms with Crippen LogP contribution in [0.2, 0.25) is 0 Å². The summed E-state index contributed by atoms with van der Waals surface area (Å²) >= 11 is 0. The van der Waals surface area contributed by atoms with Crippen molar-refractivity contribution in [3.8, 4) is 0 Å². The minimum Gasteiger partial charge on any atom is -0.399 e. The van der Waals surface area contributed by atoms with Gasteiger partial charge in [-0.1, -0.05) is 5.16 Å². The van der Waals surface area contributed by atoms with E-state index in [4.69, 9.17) is 0 Å². The van der Waals surface area contributed by atoms with Crippen molar-refractivity contribution in [3.63, 3.8) is 0 Å². The van der Waals surface area contributed by atoms with Crippen molar-refractivity contribution in [3.05, 3.63) is 4.91 Å². The van der Waals surface area contributed by atoms with E-state index in [1.807, 2.05) is 13.8 Å². The largest absolute Gasteiger partial charge is 0.399 e. The van der Waals surface area contributed by atoms with Gasteiger partial charge in [0.1, 0.15) is 12.8 Å². The highest BCUT2D eigenvalue weighted by molar-refractivity contribution is 6.34. The molecule has 0 saturated carbocycles. The molecule has 0 fully saturated rings. The van der Waals surface area contributed by atoms with Gasteiger partial charge in [0.05, 0.1) is 6.21 Å². The fraction of sp³-hybridized carbons (Fsp3) is 0.778. The van der Waals surface area contributed by atoms with Gasteiger partial charge in [-0.25, -0.2) is 4.99 Å². The summed E-state index contributed by atoms with van der Waals surface area (Å²) < 4.78 is 0.969. The van der Waals surface area contributed by atoms with Crippen LogP contribution in [0.1, 0.15) is 27.7 Å². The van der Waals surface area contributed by atoms with Crippen LogP contribution in [0, 0.1) is 4.91 Å². The van der Waals surface area contributed by atoms with E-state index in [1.165, 1.54) is 13.3 Å². The first-order chi connectivity index (χ1) is 6.32. The topological polar surface area (TPSA) is 54.0 Å². The van der Waals surface area contributed by atoms with E-state index < -0.39 is 11.2 Å². The Hall–Kier alpha value is -1.26. The molecule has 0 N–H and O–H groups in total. The number of rotatable bonds is 2. The van der Waals surface area contributed by atoms with Crippen molar-refractivity contribution < 1.29 is 9.60 Å². The average molecular weight is 198 g/mol. The normalized spacial score (nSPS) is 24.1.